The summed E-state index contributed by atoms with van der Waals surface area (Å²) in [5.41, 5.74) is 27.2. The van der Waals surface area contributed by atoms with Crippen LogP contribution < -0.4 is 0 Å². The summed E-state index contributed by atoms with van der Waals surface area (Å²) in [5, 5.41) is 6.08. The van der Waals surface area contributed by atoms with Crippen LogP contribution in [0.25, 0.3) is 212 Å². The van der Waals surface area contributed by atoms with Gasteiger partial charge in [-0.05, 0) is 101 Å². The number of hydrogen-bond donors (Lipinski definition) is 0. The van der Waals surface area contributed by atoms with Crippen molar-refractivity contribution in [2.75, 3.05) is 0 Å². The Kier molecular flexibility index (Phi) is 15.9. The molecule has 0 aliphatic rings. The average molecular weight is 1430 g/mol. The highest BCUT2D eigenvalue weighted by Gasteiger charge is 2.28. The number of para-hydroxylation sites is 4. The minimum atomic E-state index is 0.622. The van der Waals surface area contributed by atoms with Gasteiger partial charge in [0.1, 0.15) is 22.2 Å². The Morgan fingerprint density at radius 1 is 0.196 bits per heavy atom. The Morgan fingerprint density at radius 3 is 0.866 bits per heavy atom. The molecular weight excluding hydrogens is 1370 g/mol. The highest BCUT2D eigenvalue weighted by atomic mass is 16.3. The zero-order chi connectivity index (χ0) is 74.0. The van der Waals surface area contributed by atoms with Crippen LogP contribution >= 0.6 is 0 Å². The van der Waals surface area contributed by atoms with E-state index in [1.807, 2.05) is 115 Å². The van der Waals surface area contributed by atoms with Crippen LogP contribution in [0.5, 0.6) is 0 Å². The van der Waals surface area contributed by atoms with Crippen molar-refractivity contribution < 1.29 is 8.83 Å². The molecule has 524 valence electrons. The average Bonchev–Trinajstić information content (AvgIpc) is 1.55. The topological polar surface area (TPSA) is 126 Å². The van der Waals surface area contributed by atoms with Crippen molar-refractivity contribution in [2.24, 2.45) is 0 Å². The molecule has 0 unspecified atom stereocenters. The molecule has 0 atom stereocenters. The fraction of sp³-hybridized carbons (Fsp3) is 0. The summed E-state index contributed by atoms with van der Waals surface area (Å²) < 4.78 is 18.5. The molecule has 0 aliphatic carbocycles. The molecule has 11 heteroatoms. The third-order valence-corrected chi connectivity index (χ3v) is 21.1. The number of furan rings is 2. The van der Waals surface area contributed by atoms with Crippen LogP contribution in [-0.4, -0.2) is 44.0 Å². The fourth-order valence-electron chi connectivity index (χ4n) is 15.7. The molecule has 0 N–H and O–H groups in total. The predicted octanol–water partition coefficient (Wildman–Crippen LogP) is 25.8. The second-order valence-corrected chi connectivity index (χ2v) is 27.8. The van der Waals surface area contributed by atoms with E-state index in [-0.39, 0.29) is 0 Å². The van der Waals surface area contributed by atoms with E-state index in [4.69, 9.17) is 43.7 Å². The number of aromatic nitrogens is 9. The standard InChI is InChI=1S/C51H32N4O.C50H31N5O/c1-5-15-34(16-6-1)42-32-43(54-51(53-42)37-19-9-3-10-20-37)35-27-25-33(26-28-35)38-29-30-40-44(31-38)52-47(36-17-7-2-8-18-36)46-48-50(56-49(40)46)41-23-13-14-24-45(41)55(48)39-21-11-4-12-22-39;1-5-15-33(16-6-1)44-43-45-47(40-23-13-14-24-42(40)55(45)38-21-11-4-12-22-38)56-46(43)39-30-29-37(31-41(39)51-44)32-25-27-36(28-26-32)50-53-48(34-17-7-2-8-18-34)52-49(54-50)35-19-9-3-10-20-35/h1-32H;1-31H. The Balaban J connectivity index is 0.000000141. The quantitative estimate of drug-likeness (QED) is 0.117. The largest absolute Gasteiger partial charge is 0.453 e. The molecule has 0 saturated heterocycles. The van der Waals surface area contributed by atoms with Gasteiger partial charge in [0.25, 0.3) is 0 Å². The smallest absolute Gasteiger partial charge is 0.164 e. The van der Waals surface area contributed by atoms with Crippen molar-refractivity contribution >= 4 is 87.7 Å². The lowest BCUT2D eigenvalue weighted by atomic mass is 9.99. The van der Waals surface area contributed by atoms with Gasteiger partial charge in [-0.3, -0.25) is 0 Å². The lowest BCUT2D eigenvalue weighted by Crippen LogP contribution is -2.00. The molecule has 0 spiro atoms. The fourth-order valence-corrected chi connectivity index (χ4v) is 15.7. The van der Waals surface area contributed by atoms with Crippen LogP contribution in [0.4, 0.5) is 0 Å². The van der Waals surface area contributed by atoms with E-state index in [9.17, 15) is 0 Å². The van der Waals surface area contributed by atoms with Crippen LogP contribution in [0.1, 0.15) is 0 Å². The third-order valence-electron chi connectivity index (χ3n) is 21.1. The van der Waals surface area contributed by atoms with Gasteiger partial charge < -0.3 is 18.0 Å². The van der Waals surface area contributed by atoms with Crippen molar-refractivity contribution in [3.8, 4) is 124 Å². The number of nitrogens with zero attached hydrogens (tertiary/aromatic N) is 9. The molecule has 8 heterocycles. The number of pyridine rings is 2. The van der Waals surface area contributed by atoms with E-state index in [1.54, 1.807) is 0 Å². The second kappa shape index (κ2) is 27.5. The second-order valence-electron chi connectivity index (χ2n) is 27.8. The van der Waals surface area contributed by atoms with Crippen LogP contribution in [-0.2, 0) is 0 Å². The van der Waals surface area contributed by atoms with E-state index in [2.05, 4.69) is 276 Å². The van der Waals surface area contributed by atoms with Crippen LogP contribution in [0.3, 0.4) is 0 Å². The minimum Gasteiger partial charge on any atom is -0.453 e. The lowest BCUT2D eigenvalue weighted by Gasteiger charge is -2.12. The maximum absolute atomic E-state index is 6.96. The highest BCUT2D eigenvalue weighted by molar-refractivity contribution is 6.26. The van der Waals surface area contributed by atoms with Gasteiger partial charge in [-0.15, -0.1) is 0 Å². The Morgan fingerprint density at radius 2 is 0.482 bits per heavy atom. The molecule has 14 aromatic carbocycles. The first-order valence-electron chi connectivity index (χ1n) is 37.4. The van der Waals surface area contributed by atoms with Crippen molar-refractivity contribution in [1.29, 1.82) is 0 Å². The first-order chi connectivity index (χ1) is 55.5. The highest BCUT2D eigenvalue weighted by Crippen LogP contribution is 2.48. The Labute approximate surface area is 643 Å². The molecule has 0 bridgehead atoms. The summed E-state index contributed by atoms with van der Waals surface area (Å²) in [6, 6.07) is 131. The predicted molar refractivity (Wildman–Crippen MR) is 455 cm³/mol. The van der Waals surface area contributed by atoms with E-state index in [0.29, 0.717) is 23.3 Å². The summed E-state index contributed by atoms with van der Waals surface area (Å²) in [5.74, 6) is 2.60. The monoisotopic (exact) mass is 1430 g/mol. The minimum absolute atomic E-state index is 0.622. The molecule has 0 saturated carbocycles. The Hall–Kier alpha value is -15.3. The van der Waals surface area contributed by atoms with Crippen LogP contribution in [0.15, 0.2) is 391 Å². The molecular formula is C101H63N9O2. The van der Waals surface area contributed by atoms with Gasteiger partial charge in [0.15, 0.2) is 34.5 Å². The van der Waals surface area contributed by atoms with Gasteiger partial charge in [-0.1, -0.05) is 303 Å². The first-order valence-corrected chi connectivity index (χ1v) is 37.4. The van der Waals surface area contributed by atoms with Crippen LogP contribution in [0.2, 0.25) is 0 Å². The molecule has 11 nitrogen and oxygen atoms in total. The van der Waals surface area contributed by atoms with Gasteiger partial charge in [-0.25, -0.2) is 34.9 Å². The SMILES string of the molecule is c1ccc(-c2cc(-c3ccc(-c4ccc5c(c4)nc(-c4ccccc4)c4c5oc5c6ccccc6n(-c6ccccc6)c54)cc3)nc(-c3ccccc3)n2)cc1.c1ccc(-c2nc(-c3ccccc3)nc(-c3ccc(-c4ccc5c(c4)nc(-c4ccccc4)c4c5oc5c6ccccc6n(-c6ccccc6)c54)cc3)n2)cc1. The molecule has 0 aliphatic heterocycles. The van der Waals surface area contributed by atoms with E-state index < -0.39 is 0 Å². The lowest BCUT2D eigenvalue weighted by molar-refractivity contribution is 0.676. The zero-order valence-corrected chi connectivity index (χ0v) is 60.2. The van der Waals surface area contributed by atoms with Crippen molar-refractivity contribution in [2.45, 2.75) is 0 Å². The molecule has 0 amide bonds. The van der Waals surface area contributed by atoms with Gasteiger partial charge in [0.2, 0.25) is 0 Å². The van der Waals surface area contributed by atoms with E-state index >= 15 is 0 Å². The number of benzene rings is 14. The molecule has 112 heavy (non-hydrogen) atoms. The number of rotatable bonds is 12. The van der Waals surface area contributed by atoms with Gasteiger partial charge in [0.05, 0.1) is 55.6 Å². The summed E-state index contributed by atoms with van der Waals surface area (Å²) >= 11 is 0. The molecule has 0 radical (unpaired) electrons. The zero-order valence-electron chi connectivity index (χ0n) is 60.2. The summed E-state index contributed by atoms with van der Waals surface area (Å²) in [6.45, 7) is 0. The molecule has 22 rings (SSSR count). The van der Waals surface area contributed by atoms with Crippen molar-refractivity contribution in [3.63, 3.8) is 0 Å². The van der Waals surface area contributed by atoms with E-state index in [0.717, 1.165) is 189 Å². The van der Waals surface area contributed by atoms with Gasteiger partial charge in [0, 0.05) is 77.4 Å². The third kappa shape index (κ3) is 11.5. The Bertz CT molecular complexity index is 6740. The van der Waals surface area contributed by atoms with Gasteiger partial charge in [-0.2, -0.15) is 0 Å². The van der Waals surface area contributed by atoms with Crippen LogP contribution in [0, 0.1) is 0 Å². The molecule has 0 fully saturated rings. The summed E-state index contributed by atoms with van der Waals surface area (Å²) in [6.07, 6.45) is 0. The normalized spacial score (nSPS) is 11.6. The number of fused-ring (bicyclic) bond motifs is 14. The van der Waals surface area contributed by atoms with Crippen molar-refractivity contribution in [3.05, 3.63) is 382 Å². The summed E-state index contributed by atoms with van der Waals surface area (Å²) in [7, 11) is 0. The molecule has 22 aromatic rings. The first kappa shape index (κ1) is 65.0. The molecule has 8 aromatic heterocycles. The van der Waals surface area contributed by atoms with Gasteiger partial charge >= 0.3 is 0 Å². The summed E-state index contributed by atoms with van der Waals surface area (Å²) in [4.78, 5) is 35.6. The maximum Gasteiger partial charge on any atom is 0.164 e. The van der Waals surface area contributed by atoms with E-state index in [1.165, 1.54) is 0 Å². The maximum atomic E-state index is 6.96. The van der Waals surface area contributed by atoms with Crippen molar-refractivity contribution in [1.82, 2.24) is 44.0 Å². The number of hydrogen-bond acceptors (Lipinski definition) is 9.